The van der Waals surface area contributed by atoms with E-state index >= 15 is 0 Å². The van der Waals surface area contributed by atoms with Crippen LogP contribution >= 0.6 is 0 Å². The third kappa shape index (κ3) is 2.99. The molecule has 0 spiro atoms. The van der Waals surface area contributed by atoms with Gasteiger partial charge in [-0.2, -0.15) is 0 Å². The van der Waals surface area contributed by atoms with E-state index in [1.807, 2.05) is 12.1 Å². The normalized spacial score (nSPS) is 10.2. The van der Waals surface area contributed by atoms with Crippen LogP contribution in [0.3, 0.4) is 0 Å². The molecule has 94 valence electrons. The van der Waals surface area contributed by atoms with E-state index in [2.05, 4.69) is 53.5 Å². The molecule has 0 saturated heterocycles. The number of pyridine rings is 1. The topological polar surface area (TPSA) is 54.2 Å². The van der Waals surface area contributed by atoms with Gasteiger partial charge in [0.05, 0.1) is 17.9 Å². The molecular weight excluding hydrogens is 224 g/mol. The van der Waals surface area contributed by atoms with Gasteiger partial charge < -0.3 is 10.3 Å². The van der Waals surface area contributed by atoms with Crippen molar-refractivity contribution in [3.8, 4) is 0 Å². The number of nitrogens with two attached hydrogens (primary N) is 1. The Morgan fingerprint density at radius 1 is 1.22 bits per heavy atom. The molecule has 0 radical (unpaired) electrons. The molecule has 0 fully saturated rings. The third-order valence-electron chi connectivity index (χ3n) is 2.86. The number of benzene rings is 1. The van der Waals surface area contributed by atoms with E-state index in [1.54, 1.807) is 6.20 Å². The number of hydrogen-bond acceptors (Lipinski definition) is 4. The first kappa shape index (κ1) is 12.4. The average Bonchev–Trinajstić information content (AvgIpc) is 2.39. The Hall–Kier alpha value is -2.07. The van der Waals surface area contributed by atoms with E-state index < -0.39 is 0 Å². The Kier molecular flexibility index (Phi) is 3.79. The summed E-state index contributed by atoms with van der Waals surface area (Å²) < 4.78 is 0. The third-order valence-corrected chi connectivity index (χ3v) is 2.86. The molecule has 4 nitrogen and oxygen atoms in total. The van der Waals surface area contributed by atoms with Gasteiger partial charge in [-0.1, -0.05) is 17.7 Å². The average molecular weight is 242 g/mol. The fourth-order valence-corrected chi connectivity index (χ4v) is 1.79. The van der Waals surface area contributed by atoms with Crippen molar-refractivity contribution >= 4 is 11.4 Å². The Morgan fingerprint density at radius 3 is 2.61 bits per heavy atom. The van der Waals surface area contributed by atoms with Crippen molar-refractivity contribution in [2.45, 2.75) is 13.5 Å². The molecule has 0 unspecified atom stereocenters. The highest BCUT2D eigenvalue weighted by atomic mass is 15.2. The molecule has 2 rings (SSSR count). The van der Waals surface area contributed by atoms with Crippen molar-refractivity contribution in [3.63, 3.8) is 0 Å². The van der Waals surface area contributed by atoms with Gasteiger partial charge in [0.15, 0.2) is 0 Å². The summed E-state index contributed by atoms with van der Waals surface area (Å²) in [6.07, 6.45) is 1.76. The number of hydrogen-bond donors (Lipinski definition) is 2. The van der Waals surface area contributed by atoms with Crippen molar-refractivity contribution < 1.29 is 0 Å². The quantitative estimate of drug-likeness (QED) is 0.638. The highest BCUT2D eigenvalue weighted by molar-refractivity contribution is 5.48. The van der Waals surface area contributed by atoms with Crippen LogP contribution in [0.25, 0.3) is 0 Å². The van der Waals surface area contributed by atoms with Gasteiger partial charge in [0, 0.05) is 18.9 Å². The number of nitrogen functional groups attached to an aromatic ring is 1. The number of nitrogens with one attached hydrogen (secondary N) is 1. The van der Waals surface area contributed by atoms with Gasteiger partial charge >= 0.3 is 0 Å². The van der Waals surface area contributed by atoms with E-state index in [1.165, 1.54) is 11.3 Å². The van der Waals surface area contributed by atoms with E-state index in [0.29, 0.717) is 0 Å². The Morgan fingerprint density at radius 2 is 1.94 bits per heavy atom. The molecular formula is C14H18N4. The number of aryl methyl sites for hydroxylation is 1. The lowest BCUT2D eigenvalue weighted by Crippen LogP contribution is -2.17. The first-order valence-electron chi connectivity index (χ1n) is 5.88. The molecule has 0 amide bonds. The monoisotopic (exact) mass is 242 g/mol. The predicted molar refractivity (Wildman–Crippen MR) is 75.3 cm³/mol. The summed E-state index contributed by atoms with van der Waals surface area (Å²) in [5.74, 6) is 5.39. The van der Waals surface area contributed by atoms with Crippen LogP contribution < -0.4 is 16.2 Å². The SMILES string of the molecule is Cc1ccc(N(C)Cc2cc(NN)ccn2)cc1. The van der Waals surface area contributed by atoms with E-state index in [9.17, 15) is 0 Å². The Balaban J connectivity index is 2.10. The first-order chi connectivity index (χ1) is 8.69. The van der Waals surface area contributed by atoms with E-state index in [-0.39, 0.29) is 0 Å². The summed E-state index contributed by atoms with van der Waals surface area (Å²) in [4.78, 5) is 6.49. The summed E-state index contributed by atoms with van der Waals surface area (Å²) in [6.45, 7) is 2.83. The number of aromatic nitrogens is 1. The van der Waals surface area contributed by atoms with E-state index in [0.717, 1.165) is 17.9 Å². The molecule has 0 aliphatic rings. The number of anilines is 2. The molecule has 18 heavy (non-hydrogen) atoms. The van der Waals surface area contributed by atoms with E-state index in [4.69, 9.17) is 5.84 Å². The summed E-state index contributed by atoms with van der Waals surface area (Å²) >= 11 is 0. The molecule has 3 N–H and O–H groups in total. The first-order valence-corrected chi connectivity index (χ1v) is 5.88. The second kappa shape index (κ2) is 5.51. The maximum Gasteiger partial charge on any atom is 0.0617 e. The van der Waals surface area contributed by atoms with Crippen LogP contribution in [0.5, 0.6) is 0 Å². The van der Waals surface area contributed by atoms with Gasteiger partial charge in [-0.15, -0.1) is 0 Å². The zero-order valence-electron chi connectivity index (χ0n) is 10.7. The zero-order chi connectivity index (χ0) is 13.0. The van der Waals surface area contributed by atoms with Crippen LogP contribution in [0.1, 0.15) is 11.3 Å². The van der Waals surface area contributed by atoms with Crippen molar-refractivity contribution in [1.82, 2.24) is 4.98 Å². The summed E-state index contributed by atoms with van der Waals surface area (Å²) in [5.41, 5.74) is 6.92. The summed E-state index contributed by atoms with van der Waals surface area (Å²) in [7, 11) is 2.05. The van der Waals surface area contributed by atoms with Crippen LogP contribution in [0, 0.1) is 6.92 Å². The fraction of sp³-hybridized carbons (Fsp3) is 0.214. The highest BCUT2D eigenvalue weighted by Gasteiger charge is 2.03. The smallest absolute Gasteiger partial charge is 0.0617 e. The maximum atomic E-state index is 5.39. The lowest BCUT2D eigenvalue weighted by atomic mass is 10.2. The number of rotatable bonds is 4. The predicted octanol–water partition coefficient (Wildman–Crippen LogP) is 2.31. The standard InChI is InChI=1S/C14H18N4/c1-11-3-5-14(6-4-11)18(2)10-13-9-12(17-15)7-8-16-13/h3-9H,10,15H2,1-2H3,(H,16,17). The van der Waals surface area contributed by atoms with Crippen LogP contribution in [-0.4, -0.2) is 12.0 Å². The van der Waals surface area contributed by atoms with Crippen molar-refractivity contribution in [1.29, 1.82) is 0 Å². The van der Waals surface area contributed by atoms with Gasteiger partial charge in [-0.3, -0.25) is 10.8 Å². The zero-order valence-corrected chi connectivity index (χ0v) is 10.7. The van der Waals surface area contributed by atoms with Crippen molar-refractivity contribution in [3.05, 3.63) is 53.9 Å². The molecule has 0 aliphatic heterocycles. The van der Waals surface area contributed by atoms with Crippen LogP contribution in [0.2, 0.25) is 0 Å². The Labute approximate surface area is 107 Å². The van der Waals surface area contributed by atoms with Crippen LogP contribution in [0.4, 0.5) is 11.4 Å². The van der Waals surface area contributed by atoms with Gasteiger partial charge in [-0.25, -0.2) is 0 Å². The molecule has 1 aromatic heterocycles. The largest absolute Gasteiger partial charge is 0.369 e. The molecule has 1 aromatic carbocycles. The fourth-order valence-electron chi connectivity index (χ4n) is 1.79. The molecule has 1 heterocycles. The van der Waals surface area contributed by atoms with Gasteiger partial charge in [0.1, 0.15) is 0 Å². The summed E-state index contributed by atoms with van der Waals surface area (Å²) in [5, 5.41) is 0. The second-order valence-electron chi connectivity index (χ2n) is 4.37. The van der Waals surface area contributed by atoms with Gasteiger partial charge in [-0.05, 0) is 31.2 Å². The maximum absolute atomic E-state index is 5.39. The van der Waals surface area contributed by atoms with Gasteiger partial charge in [0.2, 0.25) is 0 Å². The second-order valence-corrected chi connectivity index (χ2v) is 4.37. The van der Waals surface area contributed by atoms with Crippen LogP contribution in [-0.2, 0) is 6.54 Å². The molecule has 0 bridgehead atoms. The number of nitrogens with zero attached hydrogens (tertiary/aromatic N) is 2. The summed E-state index contributed by atoms with van der Waals surface area (Å²) in [6, 6.07) is 12.2. The lowest BCUT2D eigenvalue weighted by Gasteiger charge is -2.19. The van der Waals surface area contributed by atoms with Crippen LogP contribution in [0.15, 0.2) is 42.6 Å². The number of hydrazine groups is 1. The molecule has 2 aromatic rings. The van der Waals surface area contributed by atoms with Gasteiger partial charge in [0.25, 0.3) is 0 Å². The molecule has 0 saturated carbocycles. The minimum Gasteiger partial charge on any atom is -0.369 e. The highest BCUT2D eigenvalue weighted by Crippen LogP contribution is 2.16. The van der Waals surface area contributed by atoms with Crippen molar-refractivity contribution in [2.24, 2.45) is 5.84 Å². The minimum absolute atomic E-state index is 0.749. The van der Waals surface area contributed by atoms with Crippen molar-refractivity contribution in [2.75, 3.05) is 17.4 Å². The molecule has 4 heteroatoms. The Bertz CT molecular complexity index is 507. The molecule has 0 atom stereocenters. The minimum atomic E-state index is 0.749. The lowest BCUT2D eigenvalue weighted by molar-refractivity contribution is 0.885. The molecule has 0 aliphatic carbocycles.